The Labute approximate surface area is 203 Å². The van der Waals surface area contributed by atoms with Gasteiger partial charge in [-0.25, -0.2) is 0 Å². The van der Waals surface area contributed by atoms with Gasteiger partial charge in [0, 0.05) is 23.3 Å². The smallest absolute Gasteiger partial charge is 0.255 e. The molecule has 1 unspecified atom stereocenters. The van der Waals surface area contributed by atoms with E-state index in [4.69, 9.17) is 34.0 Å². The number of rotatable bonds is 9. The molecule has 0 spiro atoms. The summed E-state index contributed by atoms with van der Waals surface area (Å²) in [7, 11) is 3.07. The van der Waals surface area contributed by atoms with Gasteiger partial charge in [-0.3, -0.25) is 4.79 Å². The van der Waals surface area contributed by atoms with E-state index in [1.807, 2.05) is 20.8 Å². The van der Waals surface area contributed by atoms with Crippen LogP contribution in [0.1, 0.15) is 31.1 Å². The van der Waals surface area contributed by atoms with Crippen molar-refractivity contribution in [3.05, 3.63) is 48.0 Å². The van der Waals surface area contributed by atoms with Crippen molar-refractivity contribution in [3.63, 3.8) is 0 Å². The number of hydrogen-bond donors (Lipinski definition) is 3. The average Bonchev–Trinajstić information content (AvgIpc) is 2.81. The summed E-state index contributed by atoms with van der Waals surface area (Å²) in [6.07, 6.45) is -0.612. The van der Waals surface area contributed by atoms with E-state index in [1.165, 1.54) is 7.11 Å². The Kier molecular flexibility index (Phi) is 11.5. The maximum Gasteiger partial charge on any atom is 0.255 e. The molecule has 0 heterocycles. The van der Waals surface area contributed by atoms with Crippen LogP contribution < -0.4 is 35.1 Å². The van der Waals surface area contributed by atoms with Crippen LogP contribution in [0.15, 0.2) is 42.5 Å². The van der Waals surface area contributed by atoms with Crippen molar-refractivity contribution >= 4 is 23.5 Å². The number of carboxylic acids is 2. The number of aliphatic hydroxyl groups excluding tert-OH is 1. The second kappa shape index (κ2) is 13.8. The van der Waals surface area contributed by atoms with Gasteiger partial charge >= 0.3 is 0 Å². The minimum atomic E-state index is -2.19. The molecule has 0 fully saturated rings. The van der Waals surface area contributed by atoms with E-state index < -0.39 is 18.0 Å². The summed E-state index contributed by atoms with van der Waals surface area (Å²) >= 11 is 0. The minimum Gasteiger partial charge on any atom is -0.543 e. The van der Waals surface area contributed by atoms with Crippen LogP contribution in [-0.2, 0) is 9.59 Å². The molecule has 11 nitrogen and oxygen atoms in total. The molecule has 0 saturated carbocycles. The zero-order valence-electron chi connectivity index (χ0n) is 20.2. The van der Waals surface area contributed by atoms with Gasteiger partial charge in [-0.15, -0.1) is 0 Å². The Bertz CT molecular complexity index is 973. The van der Waals surface area contributed by atoms with Gasteiger partial charge in [-0.2, -0.15) is 0 Å². The molecule has 35 heavy (non-hydrogen) atoms. The number of hydrogen-bond acceptors (Lipinski definition) is 10. The van der Waals surface area contributed by atoms with E-state index in [1.54, 1.807) is 49.6 Å². The first kappa shape index (κ1) is 29.2. The predicted molar refractivity (Wildman–Crippen MR) is 123 cm³/mol. The molecule has 1 atom stereocenters. The highest BCUT2D eigenvalue weighted by molar-refractivity contribution is 6.25. The Morgan fingerprint density at radius 1 is 0.943 bits per heavy atom. The van der Waals surface area contributed by atoms with E-state index in [-0.39, 0.29) is 18.1 Å². The second-order valence-corrected chi connectivity index (χ2v) is 8.22. The van der Waals surface area contributed by atoms with E-state index in [0.29, 0.717) is 35.0 Å². The first-order valence-corrected chi connectivity index (χ1v) is 10.5. The number of ether oxygens (including phenoxy) is 3. The number of methoxy groups -OCH3 is 2. The van der Waals surface area contributed by atoms with Crippen molar-refractivity contribution in [2.75, 3.05) is 32.7 Å². The van der Waals surface area contributed by atoms with Gasteiger partial charge in [-0.1, -0.05) is 0 Å². The highest BCUT2D eigenvalue weighted by atomic mass is 16.5. The number of anilines is 1. The molecule has 2 aromatic rings. The summed E-state index contributed by atoms with van der Waals surface area (Å²) < 4.78 is 16.0. The van der Waals surface area contributed by atoms with Gasteiger partial charge in [0.05, 0.1) is 26.2 Å². The van der Waals surface area contributed by atoms with Gasteiger partial charge in [0.1, 0.15) is 18.5 Å². The van der Waals surface area contributed by atoms with Gasteiger partial charge in [0.15, 0.2) is 11.5 Å². The molecule has 0 aliphatic carbocycles. The van der Waals surface area contributed by atoms with Gasteiger partial charge in [0.2, 0.25) is 0 Å². The quantitative estimate of drug-likeness (QED) is 0.392. The summed E-state index contributed by atoms with van der Waals surface area (Å²) in [5.41, 5.74) is 1.03. The SMILES string of the molecule is COc1ccc(C(=O)Nc2ccc(OCC(O)CNC(C)(C)C)cc2)cc1OC.O=C([O-])C(=O)[O-]. The van der Waals surface area contributed by atoms with Crippen molar-refractivity contribution in [1.29, 1.82) is 0 Å². The number of carboxylic acid groups (broad SMARTS) is 2. The lowest BCUT2D eigenvalue weighted by Crippen LogP contribution is -2.42. The number of β-amino-alcohol motifs (C(OH)–C–C–N with tert-alkyl or cyclic N) is 1. The van der Waals surface area contributed by atoms with Crippen LogP contribution in [0.2, 0.25) is 0 Å². The first-order valence-electron chi connectivity index (χ1n) is 10.5. The molecular weight excluding hydrogens is 460 g/mol. The molecule has 0 aromatic heterocycles. The standard InChI is InChI=1S/C22H30N2O5.C2H2O4/c1-22(2,3)23-13-17(25)14-29-18-9-7-16(8-10-18)24-21(26)15-6-11-19(27-4)20(12-15)28-5;3-1(4)2(5)6/h6-12,17,23,25H,13-14H2,1-5H3,(H,24,26);(H,3,4)(H,5,6)/p-2. The van der Waals surface area contributed by atoms with E-state index >= 15 is 0 Å². The number of aliphatic hydroxyl groups is 1. The maximum absolute atomic E-state index is 12.5. The molecule has 0 saturated heterocycles. The van der Waals surface area contributed by atoms with Gasteiger partial charge < -0.3 is 49.8 Å². The lowest BCUT2D eigenvalue weighted by Gasteiger charge is -2.23. The monoisotopic (exact) mass is 490 g/mol. The van der Waals surface area contributed by atoms with Crippen LogP contribution in [0, 0.1) is 0 Å². The molecule has 2 aromatic carbocycles. The van der Waals surface area contributed by atoms with Gasteiger partial charge in [-0.05, 0) is 63.2 Å². The van der Waals surface area contributed by atoms with E-state index in [9.17, 15) is 9.90 Å². The highest BCUT2D eigenvalue weighted by Crippen LogP contribution is 2.28. The van der Waals surface area contributed by atoms with Crippen molar-refractivity contribution in [2.24, 2.45) is 0 Å². The Morgan fingerprint density at radius 2 is 1.51 bits per heavy atom. The lowest BCUT2D eigenvalue weighted by atomic mass is 10.1. The Hall–Kier alpha value is -3.83. The van der Waals surface area contributed by atoms with E-state index in [2.05, 4.69) is 10.6 Å². The second-order valence-electron chi connectivity index (χ2n) is 8.22. The highest BCUT2D eigenvalue weighted by Gasteiger charge is 2.13. The third-order valence-corrected chi connectivity index (χ3v) is 4.23. The summed E-state index contributed by atoms with van der Waals surface area (Å²) in [4.78, 5) is 30.3. The molecular formula is C24H30N2O9-2. The first-order chi connectivity index (χ1) is 16.4. The van der Waals surface area contributed by atoms with Crippen LogP contribution in [0.4, 0.5) is 5.69 Å². The maximum atomic E-state index is 12.5. The number of carbonyl (C=O) groups is 3. The fourth-order valence-electron chi connectivity index (χ4n) is 2.49. The predicted octanol–water partition coefficient (Wildman–Crippen LogP) is -0.430. The van der Waals surface area contributed by atoms with Gasteiger partial charge in [0.25, 0.3) is 5.91 Å². The zero-order chi connectivity index (χ0) is 26.6. The van der Waals surface area contributed by atoms with Crippen LogP contribution in [0.5, 0.6) is 17.2 Å². The largest absolute Gasteiger partial charge is 0.543 e. The third-order valence-electron chi connectivity index (χ3n) is 4.23. The summed E-state index contributed by atoms with van der Waals surface area (Å²) in [5.74, 6) is -2.97. The zero-order valence-corrected chi connectivity index (χ0v) is 20.2. The minimum absolute atomic E-state index is 0.0608. The van der Waals surface area contributed by atoms with Crippen LogP contribution in [0.3, 0.4) is 0 Å². The molecule has 0 radical (unpaired) electrons. The average molecular weight is 491 g/mol. The van der Waals surface area contributed by atoms with Crippen molar-refractivity contribution in [1.82, 2.24) is 5.32 Å². The molecule has 3 N–H and O–H groups in total. The number of benzene rings is 2. The molecule has 192 valence electrons. The Morgan fingerprint density at radius 3 is 2.00 bits per heavy atom. The summed E-state index contributed by atoms with van der Waals surface area (Å²) in [5, 5.41) is 33.9. The van der Waals surface area contributed by atoms with E-state index in [0.717, 1.165) is 0 Å². The fraction of sp³-hybridized carbons (Fsp3) is 0.375. The van der Waals surface area contributed by atoms with Crippen molar-refractivity contribution in [3.8, 4) is 17.2 Å². The normalized spacial score (nSPS) is 11.4. The van der Waals surface area contributed by atoms with Crippen LogP contribution >= 0.6 is 0 Å². The van der Waals surface area contributed by atoms with Crippen LogP contribution in [-0.4, -0.2) is 62.0 Å². The molecule has 11 heteroatoms. The lowest BCUT2D eigenvalue weighted by molar-refractivity contribution is -0.345. The van der Waals surface area contributed by atoms with Crippen molar-refractivity contribution < 1.29 is 43.9 Å². The summed E-state index contributed by atoms with van der Waals surface area (Å²) in [6.45, 7) is 6.74. The number of carbonyl (C=O) groups excluding carboxylic acids is 3. The Balaban J connectivity index is 0.000000905. The summed E-state index contributed by atoms with van der Waals surface area (Å²) in [6, 6.07) is 12.0. The molecule has 2 rings (SSSR count). The topological polar surface area (TPSA) is 169 Å². The molecule has 0 aliphatic heterocycles. The number of nitrogens with one attached hydrogen (secondary N) is 2. The van der Waals surface area contributed by atoms with Crippen molar-refractivity contribution in [2.45, 2.75) is 32.4 Å². The molecule has 0 aliphatic rings. The molecule has 0 bridgehead atoms. The molecule has 1 amide bonds. The fourth-order valence-corrected chi connectivity index (χ4v) is 2.49. The number of amides is 1. The van der Waals surface area contributed by atoms with Crippen LogP contribution in [0.25, 0.3) is 0 Å². The third kappa shape index (κ3) is 11.2. The number of aliphatic carboxylic acids is 2.